The van der Waals surface area contributed by atoms with Gasteiger partial charge < -0.3 is 15.0 Å². The van der Waals surface area contributed by atoms with Crippen molar-refractivity contribution < 1.29 is 9.53 Å². The molecular formula is C20H25N3O2. The summed E-state index contributed by atoms with van der Waals surface area (Å²) in [6, 6.07) is 13.9. The zero-order valence-corrected chi connectivity index (χ0v) is 14.8. The number of rotatable bonds is 4. The Labute approximate surface area is 149 Å². The number of pyridine rings is 1. The number of amides is 2. The molecule has 1 N–H and O–H groups in total. The van der Waals surface area contributed by atoms with Gasteiger partial charge in [0.25, 0.3) is 0 Å². The summed E-state index contributed by atoms with van der Waals surface area (Å²) in [5.41, 5.74) is 2.18. The van der Waals surface area contributed by atoms with E-state index in [1.54, 1.807) is 12.4 Å². The second-order valence-corrected chi connectivity index (χ2v) is 6.44. The zero-order chi connectivity index (χ0) is 17.6. The summed E-state index contributed by atoms with van der Waals surface area (Å²) in [5, 5.41) is 3.15. The smallest absolute Gasteiger partial charge is 0.318 e. The summed E-state index contributed by atoms with van der Waals surface area (Å²) in [6.45, 7) is 5.24. The van der Waals surface area contributed by atoms with Gasteiger partial charge in [-0.2, -0.15) is 0 Å². The van der Waals surface area contributed by atoms with Crippen molar-refractivity contribution in [3.05, 3.63) is 66.0 Å². The summed E-state index contributed by atoms with van der Waals surface area (Å²) >= 11 is 0. The average molecular weight is 339 g/mol. The molecule has 25 heavy (non-hydrogen) atoms. The van der Waals surface area contributed by atoms with Gasteiger partial charge in [0.05, 0.1) is 18.7 Å². The Morgan fingerprint density at radius 3 is 2.64 bits per heavy atom. The molecule has 1 aromatic carbocycles. The van der Waals surface area contributed by atoms with E-state index in [0.29, 0.717) is 13.1 Å². The maximum Gasteiger partial charge on any atom is 0.318 e. The number of urea groups is 1. The van der Waals surface area contributed by atoms with Crippen molar-refractivity contribution in [2.24, 2.45) is 0 Å². The van der Waals surface area contributed by atoms with Crippen LogP contribution in [0.25, 0.3) is 0 Å². The predicted octanol–water partition coefficient (Wildman–Crippen LogP) is 3.70. The quantitative estimate of drug-likeness (QED) is 0.924. The molecule has 1 aromatic heterocycles. The van der Waals surface area contributed by atoms with E-state index in [1.807, 2.05) is 54.3 Å². The Morgan fingerprint density at radius 1 is 1.24 bits per heavy atom. The van der Waals surface area contributed by atoms with E-state index < -0.39 is 0 Å². The molecule has 2 aromatic rings. The third-order valence-corrected chi connectivity index (χ3v) is 4.53. The number of ether oxygens (including phenoxy) is 1. The normalized spacial score (nSPS) is 21.6. The summed E-state index contributed by atoms with van der Waals surface area (Å²) < 4.78 is 6.04. The Bertz CT molecular complexity index is 678. The predicted molar refractivity (Wildman–Crippen MR) is 97.1 cm³/mol. The Hall–Kier alpha value is -2.40. The topological polar surface area (TPSA) is 54.5 Å². The molecule has 0 spiro atoms. The van der Waals surface area contributed by atoms with Crippen LogP contribution < -0.4 is 5.32 Å². The van der Waals surface area contributed by atoms with E-state index in [4.69, 9.17) is 4.74 Å². The summed E-state index contributed by atoms with van der Waals surface area (Å²) in [6.07, 6.45) is 4.26. The van der Waals surface area contributed by atoms with Crippen molar-refractivity contribution in [2.75, 3.05) is 13.1 Å². The molecule has 1 aliphatic rings. The fourth-order valence-electron chi connectivity index (χ4n) is 3.23. The molecule has 5 heteroatoms. The molecule has 2 heterocycles. The van der Waals surface area contributed by atoms with E-state index in [1.165, 1.54) is 0 Å². The van der Waals surface area contributed by atoms with E-state index in [2.05, 4.69) is 17.2 Å². The van der Waals surface area contributed by atoms with E-state index >= 15 is 0 Å². The van der Waals surface area contributed by atoms with Crippen LogP contribution in [0, 0.1) is 0 Å². The lowest BCUT2D eigenvalue weighted by atomic mass is 10.1. The number of carbonyl (C=O) groups excluding carboxylic acids is 1. The van der Waals surface area contributed by atoms with Crippen LogP contribution in [-0.4, -0.2) is 35.1 Å². The SMILES string of the molecule is CCC(NC(=O)N1CC(C)OC(c2ccccc2)C1)c1ccncc1. The summed E-state index contributed by atoms with van der Waals surface area (Å²) in [5.74, 6) is 0. The first-order valence-corrected chi connectivity index (χ1v) is 8.83. The third-order valence-electron chi connectivity index (χ3n) is 4.53. The van der Waals surface area contributed by atoms with Gasteiger partial charge in [0.2, 0.25) is 0 Å². The fourth-order valence-corrected chi connectivity index (χ4v) is 3.23. The van der Waals surface area contributed by atoms with Crippen molar-refractivity contribution in [3.63, 3.8) is 0 Å². The monoisotopic (exact) mass is 339 g/mol. The molecule has 3 atom stereocenters. The van der Waals surface area contributed by atoms with Gasteiger partial charge in [0, 0.05) is 18.9 Å². The molecule has 3 rings (SSSR count). The molecule has 2 amide bonds. The number of hydrogen-bond acceptors (Lipinski definition) is 3. The van der Waals surface area contributed by atoms with Gasteiger partial charge in [0.15, 0.2) is 0 Å². The Morgan fingerprint density at radius 2 is 1.96 bits per heavy atom. The lowest BCUT2D eigenvalue weighted by molar-refractivity contribution is -0.0659. The maximum atomic E-state index is 12.8. The standard InChI is InChI=1S/C20H25N3O2/c1-3-18(16-9-11-21-12-10-16)22-20(24)23-13-15(2)25-19(14-23)17-7-5-4-6-8-17/h4-12,15,18-19H,3,13-14H2,1-2H3,(H,22,24). The van der Waals surface area contributed by atoms with Crippen molar-refractivity contribution in [1.29, 1.82) is 0 Å². The van der Waals surface area contributed by atoms with Crippen LogP contribution in [0.15, 0.2) is 54.9 Å². The van der Waals surface area contributed by atoms with Gasteiger partial charge in [-0.05, 0) is 36.6 Å². The van der Waals surface area contributed by atoms with Gasteiger partial charge in [-0.1, -0.05) is 37.3 Å². The number of carbonyl (C=O) groups is 1. The molecule has 3 unspecified atom stereocenters. The molecule has 0 saturated carbocycles. The number of nitrogens with one attached hydrogen (secondary N) is 1. The molecule has 132 valence electrons. The van der Waals surface area contributed by atoms with Gasteiger partial charge in [-0.15, -0.1) is 0 Å². The van der Waals surface area contributed by atoms with Crippen LogP contribution in [-0.2, 0) is 4.74 Å². The van der Waals surface area contributed by atoms with Gasteiger partial charge in [-0.25, -0.2) is 4.79 Å². The van der Waals surface area contributed by atoms with Crippen LogP contribution in [0.5, 0.6) is 0 Å². The maximum absolute atomic E-state index is 12.8. The number of aromatic nitrogens is 1. The van der Waals surface area contributed by atoms with Crippen molar-refractivity contribution in [1.82, 2.24) is 15.2 Å². The first kappa shape index (κ1) is 17.4. The molecule has 1 fully saturated rings. The second-order valence-electron chi connectivity index (χ2n) is 6.44. The molecule has 1 saturated heterocycles. The number of benzene rings is 1. The minimum Gasteiger partial charge on any atom is -0.367 e. The highest BCUT2D eigenvalue weighted by molar-refractivity contribution is 5.75. The van der Waals surface area contributed by atoms with Gasteiger partial charge in [-0.3, -0.25) is 4.98 Å². The van der Waals surface area contributed by atoms with Gasteiger partial charge >= 0.3 is 6.03 Å². The Balaban J connectivity index is 1.68. The van der Waals surface area contributed by atoms with E-state index in [9.17, 15) is 4.79 Å². The van der Waals surface area contributed by atoms with Crippen molar-refractivity contribution in [3.8, 4) is 0 Å². The summed E-state index contributed by atoms with van der Waals surface area (Å²) in [7, 11) is 0. The minimum absolute atomic E-state index is 0.00529. The lowest BCUT2D eigenvalue weighted by Gasteiger charge is -2.37. The highest BCUT2D eigenvalue weighted by Gasteiger charge is 2.30. The minimum atomic E-state index is -0.0864. The molecule has 0 radical (unpaired) electrons. The second kappa shape index (κ2) is 8.12. The average Bonchev–Trinajstić information content (AvgIpc) is 2.66. The first-order chi connectivity index (χ1) is 12.2. The van der Waals surface area contributed by atoms with Crippen LogP contribution in [0.1, 0.15) is 43.5 Å². The fraction of sp³-hybridized carbons (Fsp3) is 0.400. The number of hydrogen-bond donors (Lipinski definition) is 1. The van der Waals surface area contributed by atoms with Gasteiger partial charge in [0.1, 0.15) is 6.10 Å². The van der Waals surface area contributed by atoms with Crippen molar-refractivity contribution in [2.45, 2.75) is 38.5 Å². The Kier molecular flexibility index (Phi) is 5.66. The summed E-state index contributed by atoms with van der Waals surface area (Å²) in [4.78, 5) is 18.7. The largest absolute Gasteiger partial charge is 0.367 e. The highest BCUT2D eigenvalue weighted by atomic mass is 16.5. The van der Waals surface area contributed by atoms with Crippen LogP contribution in [0.4, 0.5) is 4.79 Å². The van der Waals surface area contributed by atoms with E-state index in [-0.39, 0.29) is 24.3 Å². The lowest BCUT2D eigenvalue weighted by Crippen LogP contribution is -2.50. The molecule has 5 nitrogen and oxygen atoms in total. The van der Waals surface area contributed by atoms with Crippen LogP contribution in [0.2, 0.25) is 0 Å². The van der Waals surface area contributed by atoms with E-state index in [0.717, 1.165) is 17.5 Å². The van der Waals surface area contributed by atoms with Crippen LogP contribution in [0.3, 0.4) is 0 Å². The van der Waals surface area contributed by atoms with Crippen molar-refractivity contribution >= 4 is 6.03 Å². The third kappa shape index (κ3) is 4.37. The first-order valence-electron chi connectivity index (χ1n) is 8.83. The zero-order valence-electron chi connectivity index (χ0n) is 14.8. The van der Waals surface area contributed by atoms with Crippen LogP contribution >= 0.6 is 0 Å². The number of morpholine rings is 1. The number of nitrogens with zero attached hydrogens (tertiary/aromatic N) is 2. The molecule has 0 aliphatic carbocycles. The molecular weight excluding hydrogens is 314 g/mol. The molecule has 0 bridgehead atoms. The highest BCUT2D eigenvalue weighted by Crippen LogP contribution is 2.25. The molecule has 1 aliphatic heterocycles.